The molecule has 0 unspecified atom stereocenters. The van der Waals surface area contributed by atoms with Crippen LogP contribution in [0, 0.1) is 5.82 Å². The van der Waals surface area contributed by atoms with E-state index in [-0.39, 0.29) is 11.5 Å². The molecule has 1 aromatic carbocycles. The molecule has 1 aliphatic heterocycles. The first-order chi connectivity index (χ1) is 8.08. The molecule has 0 bridgehead atoms. The van der Waals surface area contributed by atoms with Crippen molar-refractivity contribution in [1.29, 1.82) is 0 Å². The van der Waals surface area contributed by atoms with Gasteiger partial charge in [-0.1, -0.05) is 15.9 Å². The van der Waals surface area contributed by atoms with Gasteiger partial charge in [-0.3, -0.25) is 9.00 Å². The molecule has 6 heteroatoms. The van der Waals surface area contributed by atoms with Crippen molar-refractivity contribution in [1.82, 2.24) is 4.90 Å². The van der Waals surface area contributed by atoms with E-state index >= 15 is 0 Å². The highest BCUT2D eigenvalue weighted by molar-refractivity contribution is 9.10. The highest BCUT2D eigenvalue weighted by Gasteiger charge is 2.23. The van der Waals surface area contributed by atoms with E-state index in [0.29, 0.717) is 29.1 Å². The van der Waals surface area contributed by atoms with E-state index in [1.54, 1.807) is 11.0 Å². The van der Waals surface area contributed by atoms with Gasteiger partial charge >= 0.3 is 0 Å². The molecule has 92 valence electrons. The average molecular weight is 320 g/mol. The van der Waals surface area contributed by atoms with Crippen molar-refractivity contribution in [3.8, 4) is 0 Å². The Bertz CT molecular complexity index is 471. The highest BCUT2D eigenvalue weighted by atomic mass is 79.9. The molecule has 2 rings (SSSR count). The maximum atomic E-state index is 13.6. The third-order valence-corrected chi connectivity index (χ3v) is 4.40. The number of hydrogen-bond acceptors (Lipinski definition) is 2. The Morgan fingerprint density at radius 3 is 2.59 bits per heavy atom. The normalized spacial score (nSPS) is 17.2. The number of rotatable bonds is 1. The molecular weight excluding hydrogens is 309 g/mol. The van der Waals surface area contributed by atoms with Gasteiger partial charge in [0.05, 0.1) is 5.56 Å². The highest BCUT2D eigenvalue weighted by Crippen LogP contribution is 2.17. The summed E-state index contributed by atoms with van der Waals surface area (Å²) in [6.45, 7) is 0.863. The Hall–Kier alpha value is -0.750. The van der Waals surface area contributed by atoms with Crippen LogP contribution in [0.5, 0.6) is 0 Å². The molecule has 1 aromatic rings. The summed E-state index contributed by atoms with van der Waals surface area (Å²) < 4.78 is 25.4. The van der Waals surface area contributed by atoms with Gasteiger partial charge in [0.2, 0.25) is 0 Å². The molecule has 0 aliphatic carbocycles. The zero-order valence-electron chi connectivity index (χ0n) is 8.99. The summed E-state index contributed by atoms with van der Waals surface area (Å²) >= 11 is 3.14. The van der Waals surface area contributed by atoms with Crippen molar-refractivity contribution in [3.05, 3.63) is 34.1 Å². The van der Waals surface area contributed by atoms with E-state index in [1.165, 1.54) is 12.1 Å². The Morgan fingerprint density at radius 2 is 2.00 bits per heavy atom. The minimum atomic E-state index is -0.838. The lowest BCUT2D eigenvalue weighted by Gasteiger charge is -2.26. The fourth-order valence-corrected chi connectivity index (χ4v) is 3.06. The van der Waals surface area contributed by atoms with Crippen LogP contribution in [-0.4, -0.2) is 39.6 Å². The van der Waals surface area contributed by atoms with Crippen LogP contribution < -0.4 is 0 Å². The van der Waals surface area contributed by atoms with Crippen molar-refractivity contribution >= 4 is 32.6 Å². The minimum Gasteiger partial charge on any atom is -0.337 e. The maximum Gasteiger partial charge on any atom is 0.256 e. The lowest BCUT2D eigenvalue weighted by atomic mass is 10.2. The largest absolute Gasteiger partial charge is 0.337 e. The van der Waals surface area contributed by atoms with Gasteiger partial charge in [0.15, 0.2) is 0 Å². The Balaban J connectivity index is 2.16. The zero-order valence-corrected chi connectivity index (χ0v) is 11.4. The van der Waals surface area contributed by atoms with Crippen molar-refractivity contribution in [2.24, 2.45) is 0 Å². The summed E-state index contributed by atoms with van der Waals surface area (Å²) in [4.78, 5) is 13.6. The Labute approximate surface area is 110 Å². The first kappa shape index (κ1) is 12.7. The first-order valence-corrected chi connectivity index (χ1v) is 7.45. The smallest absolute Gasteiger partial charge is 0.256 e. The van der Waals surface area contributed by atoms with E-state index in [0.717, 1.165) is 0 Å². The Kier molecular flexibility index (Phi) is 3.93. The molecule has 17 heavy (non-hydrogen) atoms. The van der Waals surface area contributed by atoms with Gasteiger partial charge in [-0.05, 0) is 18.2 Å². The molecule has 1 fully saturated rings. The van der Waals surface area contributed by atoms with E-state index in [1.807, 2.05) is 0 Å². The molecule has 0 saturated carbocycles. The average Bonchev–Trinajstić information content (AvgIpc) is 2.29. The second-order valence-corrected chi connectivity index (χ2v) is 6.38. The summed E-state index contributed by atoms with van der Waals surface area (Å²) in [5, 5.41) is 0. The Morgan fingerprint density at radius 1 is 1.35 bits per heavy atom. The third-order valence-electron chi connectivity index (χ3n) is 2.63. The molecule has 1 heterocycles. The van der Waals surface area contributed by atoms with Crippen LogP contribution in [0.25, 0.3) is 0 Å². The maximum absolute atomic E-state index is 13.6. The van der Waals surface area contributed by atoms with Gasteiger partial charge in [-0.25, -0.2) is 4.39 Å². The van der Waals surface area contributed by atoms with E-state index in [9.17, 15) is 13.4 Å². The molecule has 3 nitrogen and oxygen atoms in total. The molecule has 0 atom stereocenters. The quantitative estimate of drug-likeness (QED) is 0.791. The van der Waals surface area contributed by atoms with Gasteiger partial charge in [0.25, 0.3) is 5.91 Å². The standard InChI is InChI=1S/C11H11BrFNO2S/c12-8-1-2-9(10(13)7-8)11(15)14-3-5-17(16)6-4-14/h1-2,7H,3-6H2. The summed E-state index contributed by atoms with van der Waals surface area (Å²) in [7, 11) is -0.838. The summed E-state index contributed by atoms with van der Waals surface area (Å²) in [5.41, 5.74) is 0.0703. The number of benzene rings is 1. The number of hydrogen-bond donors (Lipinski definition) is 0. The fourth-order valence-electron chi connectivity index (χ4n) is 1.67. The molecule has 0 aromatic heterocycles. The van der Waals surface area contributed by atoms with E-state index in [4.69, 9.17) is 0 Å². The zero-order chi connectivity index (χ0) is 12.4. The van der Waals surface area contributed by atoms with Crippen molar-refractivity contribution in [2.45, 2.75) is 0 Å². The van der Waals surface area contributed by atoms with Crippen molar-refractivity contribution < 1.29 is 13.4 Å². The molecular formula is C11H11BrFNO2S. The second kappa shape index (κ2) is 5.27. The van der Waals surface area contributed by atoms with Gasteiger partial charge in [-0.2, -0.15) is 0 Å². The van der Waals surface area contributed by atoms with Crippen LogP contribution in [0.4, 0.5) is 4.39 Å². The predicted molar refractivity (Wildman–Crippen MR) is 67.9 cm³/mol. The SMILES string of the molecule is O=C(c1ccc(Br)cc1F)N1CCS(=O)CC1. The molecule has 1 amide bonds. The molecule has 1 aliphatic rings. The van der Waals surface area contributed by atoms with E-state index in [2.05, 4.69) is 15.9 Å². The molecule has 0 radical (unpaired) electrons. The van der Waals surface area contributed by atoms with Crippen LogP contribution in [-0.2, 0) is 10.8 Å². The summed E-state index contributed by atoms with van der Waals surface area (Å²) in [6.07, 6.45) is 0. The van der Waals surface area contributed by atoms with Gasteiger partial charge in [0.1, 0.15) is 5.82 Å². The van der Waals surface area contributed by atoms with Crippen LogP contribution in [0.2, 0.25) is 0 Å². The molecule has 0 N–H and O–H groups in total. The number of halogens is 2. The number of amides is 1. The van der Waals surface area contributed by atoms with Crippen LogP contribution in [0.15, 0.2) is 22.7 Å². The topological polar surface area (TPSA) is 37.4 Å². The summed E-state index contributed by atoms with van der Waals surface area (Å²) in [5.74, 6) is 0.0936. The van der Waals surface area contributed by atoms with Gasteiger partial charge in [-0.15, -0.1) is 0 Å². The van der Waals surface area contributed by atoms with Crippen LogP contribution in [0.3, 0.4) is 0 Å². The summed E-state index contributed by atoms with van der Waals surface area (Å²) in [6, 6.07) is 4.38. The van der Waals surface area contributed by atoms with E-state index < -0.39 is 16.6 Å². The third kappa shape index (κ3) is 2.93. The monoisotopic (exact) mass is 319 g/mol. The lowest BCUT2D eigenvalue weighted by Crippen LogP contribution is -2.42. The molecule has 1 saturated heterocycles. The number of carbonyl (C=O) groups excluding carboxylic acids is 1. The fraction of sp³-hybridized carbons (Fsp3) is 0.364. The van der Waals surface area contributed by atoms with Gasteiger partial charge < -0.3 is 4.90 Å². The first-order valence-electron chi connectivity index (χ1n) is 5.17. The minimum absolute atomic E-state index is 0.0703. The second-order valence-electron chi connectivity index (χ2n) is 3.76. The van der Waals surface area contributed by atoms with Crippen molar-refractivity contribution in [3.63, 3.8) is 0 Å². The van der Waals surface area contributed by atoms with Gasteiger partial charge in [0, 0.05) is 39.9 Å². The predicted octanol–water partition coefficient (Wildman–Crippen LogP) is 1.79. The van der Waals surface area contributed by atoms with Crippen LogP contribution in [0.1, 0.15) is 10.4 Å². The number of carbonyl (C=O) groups is 1. The number of nitrogens with zero attached hydrogens (tertiary/aromatic N) is 1. The lowest BCUT2D eigenvalue weighted by molar-refractivity contribution is 0.0766. The van der Waals surface area contributed by atoms with Crippen LogP contribution >= 0.6 is 15.9 Å². The molecule has 0 spiro atoms. The van der Waals surface area contributed by atoms with Crippen molar-refractivity contribution in [2.75, 3.05) is 24.6 Å².